The van der Waals surface area contributed by atoms with E-state index in [0.717, 1.165) is 34.6 Å². The number of benzene rings is 2. The number of nitrogens with one attached hydrogen (secondary N) is 4. The largest absolute Gasteiger partial charge is 0.458 e. The van der Waals surface area contributed by atoms with E-state index < -0.39 is 23.9 Å². The highest BCUT2D eigenvalue weighted by atomic mass is 35.5. The Labute approximate surface area is 313 Å². The molecular formula is C35H28ClF6N9O4. The fourth-order valence-corrected chi connectivity index (χ4v) is 5.62. The topological polar surface area (TPSA) is 163 Å². The van der Waals surface area contributed by atoms with Crippen molar-refractivity contribution in [1.82, 2.24) is 19.9 Å². The van der Waals surface area contributed by atoms with Crippen molar-refractivity contribution in [3.8, 4) is 0 Å². The summed E-state index contributed by atoms with van der Waals surface area (Å²) in [5.74, 6) is -6.01. The molecule has 1 fully saturated rings. The van der Waals surface area contributed by atoms with Gasteiger partial charge in [0.25, 0.3) is 0 Å². The van der Waals surface area contributed by atoms with Gasteiger partial charge in [0, 0.05) is 42.8 Å². The maximum atomic E-state index is 13.2. The van der Waals surface area contributed by atoms with Crippen molar-refractivity contribution in [2.45, 2.75) is 38.0 Å². The molecule has 1 saturated heterocycles. The Hall–Kier alpha value is -6.29. The highest BCUT2D eigenvalue weighted by Crippen LogP contribution is 2.30. The van der Waals surface area contributed by atoms with Gasteiger partial charge in [-0.2, -0.15) is 31.3 Å². The molecule has 2 aromatic heterocycles. The van der Waals surface area contributed by atoms with Gasteiger partial charge >= 0.3 is 30.0 Å². The van der Waals surface area contributed by atoms with Crippen LogP contribution in [-0.2, 0) is 27.2 Å². The summed E-state index contributed by atoms with van der Waals surface area (Å²) in [6, 6.07) is 14.3. The van der Waals surface area contributed by atoms with Crippen molar-refractivity contribution in [2.24, 2.45) is 5.92 Å². The molecular weight excluding hydrogens is 760 g/mol. The highest BCUT2D eigenvalue weighted by molar-refractivity contribution is 6.41. The van der Waals surface area contributed by atoms with E-state index in [1.807, 2.05) is 30.5 Å². The van der Waals surface area contributed by atoms with Crippen LogP contribution in [0.5, 0.6) is 0 Å². The second-order valence-corrected chi connectivity index (χ2v) is 12.6. The summed E-state index contributed by atoms with van der Waals surface area (Å²) in [5.41, 5.74) is 5.41. The fraction of sp³-hybridized carbons (Fsp3) is 0.257. The van der Waals surface area contributed by atoms with Crippen molar-refractivity contribution in [3.05, 3.63) is 94.7 Å². The first-order chi connectivity index (χ1) is 26.0. The Balaban J connectivity index is 0.000000418. The Kier molecular flexibility index (Phi) is 12.2. The molecule has 2 aliphatic heterocycles. The van der Waals surface area contributed by atoms with E-state index in [2.05, 4.69) is 41.1 Å². The van der Waals surface area contributed by atoms with E-state index >= 15 is 0 Å². The summed E-state index contributed by atoms with van der Waals surface area (Å²) in [6.45, 7) is 8.12. The highest BCUT2D eigenvalue weighted by Gasteiger charge is 2.54. The maximum absolute atomic E-state index is 13.2. The molecule has 55 heavy (non-hydrogen) atoms. The number of hydrogen-bond acceptors (Lipinski definition) is 9. The van der Waals surface area contributed by atoms with Gasteiger partial charge in [0.15, 0.2) is 11.5 Å². The predicted octanol–water partition coefficient (Wildman–Crippen LogP) is 7.79. The maximum Gasteiger partial charge on any atom is 0.458 e. The van der Waals surface area contributed by atoms with Gasteiger partial charge in [0.2, 0.25) is 11.9 Å². The van der Waals surface area contributed by atoms with Crippen LogP contribution < -0.4 is 21.3 Å². The summed E-state index contributed by atoms with van der Waals surface area (Å²) in [7, 11) is 0. The van der Waals surface area contributed by atoms with E-state index in [4.69, 9.17) is 18.2 Å². The number of fused-ring (bicyclic) bond motifs is 6. The number of pyridine rings is 1. The first-order valence-electron chi connectivity index (χ1n) is 16.2. The average Bonchev–Trinajstić information content (AvgIpc) is 3.60. The summed E-state index contributed by atoms with van der Waals surface area (Å²) in [6.07, 6.45) is -4.05. The zero-order valence-corrected chi connectivity index (χ0v) is 28.9. The molecule has 6 rings (SSSR count). The monoisotopic (exact) mass is 787 g/mol. The van der Waals surface area contributed by atoms with Crippen LogP contribution in [0.15, 0.2) is 67.1 Å². The second kappa shape index (κ2) is 16.8. The number of likely N-dealkylation sites (tertiary alicyclic amines) is 1. The summed E-state index contributed by atoms with van der Waals surface area (Å²) in [5, 5.41) is 12.8. The van der Waals surface area contributed by atoms with E-state index in [9.17, 15) is 45.5 Å². The number of ketones is 2. The SMILES string of the molecule is O=C(C(=O)C(F)(F)F)C(F)(F)F.[C-]#[N+]c1ccc(NC(=O)N2CC[C@H](CC(=O)Nc3ccc4cc3CCc3cncc(c3)Nc3ncc(Cl)c(n3)N4)C2)cc1. The van der Waals surface area contributed by atoms with E-state index in [-0.39, 0.29) is 17.9 Å². The van der Waals surface area contributed by atoms with Crippen molar-refractivity contribution in [1.29, 1.82) is 0 Å². The van der Waals surface area contributed by atoms with Crippen LogP contribution in [0.1, 0.15) is 24.0 Å². The lowest BCUT2D eigenvalue weighted by Gasteiger charge is -2.18. The van der Waals surface area contributed by atoms with Crippen molar-refractivity contribution in [3.63, 3.8) is 0 Å². The smallest absolute Gasteiger partial charge is 0.339 e. The van der Waals surface area contributed by atoms with Crippen LogP contribution >= 0.6 is 11.6 Å². The third-order valence-electron chi connectivity index (χ3n) is 8.14. The number of halogens is 7. The average molecular weight is 788 g/mol. The second-order valence-electron chi connectivity index (χ2n) is 12.2. The minimum atomic E-state index is -5.77. The molecule has 4 heterocycles. The molecule has 4 N–H and O–H groups in total. The van der Waals surface area contributed by atoms with Crippen LogP contribution in [0, 0.1) is 12.5 Å². The van der Waals surface area contributed by atoms with Crippen molar-refractivity contribution >= 4 is 75.3 Å². The van der Waals surface area contributed by atoms with Gasteiger partial charge in [-0.05, 0) is 72.7 Å². The first-order valence-corrected chi connectivity index (χ1v) is 16.6. The van der Waals surface area contributed by atoms with Gasteiger partial charge in [0.05, 0.1) is 24.7 Å². The number of amides is 3. The molecule has 0 spiro atoms. The van der Waals surface area contributed by atoms with Crippen LogP contribution in [0.2, 0.25) is 5.02 Å². The molecule has 13 nitrogen and oxygen atoms in total. The molecule has 6 bridgehead atoms. The lowest BCUT2D eigenvalue weighted by atomic mass is 10.0. The van der Waals surface area contributed by atoms with Crippen molar-refractivity contribution < 1.29 is 45.5 Å². The van der Waals surface area contributed by atoms with Crippen LogP contribution in [0.4, 0.5) is 71.3 Å². The Bertz CT molecular complexity index is 2120. The van der Waals surface area contributed by atoms with Gasteiger partial charge < -0.3 is 26.2 Å². The Morgan fingerprint density at radius 3 is 2.27 bits per heavy atom. The van der Waals surface area contributed by atoms with Gasteiger partial charge in [-0.1, -0.05) is 23.7 Å². The van der Waals surface area contributed by atoms with Gasteiger partial charge in [-0.25, -0.2) is 14.6 Å². The van der Waals surface area contributed by atoms with Gasteiger partial charge in [-0.15, -0.1) is 0 Å². The molecule has 20 heteroatoms. The molecule has 0 aliphatic carbocycles. The summed E-state index contributed by atoms with van der Waals surface area (Å²) < 4.78 is 67.0. The van der Waals surface area contributed by atoms with Crippen LogP contribution in [0.25, 0.3) is 4.85 Å². The Morgan fingerprint density at radius 1 is 0.891 bits per heavy atom. The first kappa shape index (κ1) is 39.9. The number of nitrogens with zero attached hydrogens (tertiary/aromatic N) is 5. The zero-order valence-electron chi connectivity index (χ0n) is 28.2. The quantitative estimate of drug-likeness (QED) is 0.0899. The van der Waals surface area contributed by atoms with Crippen molar-refractivity contribution in [2.75, 3.05) is 34.4 Å². The number of rotatable bonds is 5. The van der Waals surface area contributed by atoms with Gasteiger partial charge in [-0.3, -0.25) is 19.4 Å². The third-order valence-corrected chi connectivity index (χ3v) is 8.41. The molecule has 2 aliphatic rings. The normalized spacial score (nSPS) is 14.9. The number of alkyl halides is 6. The van der Waals surface area contributed by atoms with Crippen LogP contribution in [0.3, 0.4) is 0 Å². The number of Topliss-reactive ketones (excluding diaryl/α,β-unsaturated/α-hetero) is 2. The number of urea groups is 1. The van der Waals surface area contributed by atoms with Crippen LogP contribution in [-0.4, -0.2) is 68.8 Å². The molecule has 0 radical (unpaired) electrons. The minimum Gasteiger partial charge on any atom is -0.339 e. The molecule has 4 aromatic rings. The van der Waals surface area contributed by atoms with E-state index in [0.29, 0.717) is 60.5 Å². The lowest BCUT2D eigenvalue weighted by Crippen LogP contribution is -2.39. The number of carbonyl (C=O) groups excluding carboxylic acids is 4. The Morgan fingerprint density at radius 2 is 1.60 bits per heavy atom. The van der Waals surface area contributed by atoms with E-state index in [1.165, 1.54) is 6.20 Å². The zero-order chi connectivity index (χ0) is 39.9. The summed E-state index contributed by atoms with van der Waals surface area (Å²) >= 11 is 6.37. The molecule has 3 amide bonds. The molecule has 286 valence electrons. The number of anilines is 6. The number of hydrogen-bond donors (Lipinski definition) is 4. The molecule has 1 atom stereocenters. The summed E-state index contributed by atoms with van der Waals surface area (Å²) in [4.78, 5) is 63.4. The fourth-order valence-electron chi connectivity index (χ4n) is 5.48. The lowest BCUT2D eigenvalue weighted by molar-refractivity contribution is -0.193. The number of aryl methyl sites for hydroxylation is 2. The number of aromatic nitrogens is 3. The third kappa shape index (κ3) is 10.9. The van der Waals surface area contributed by atoms with Gasteiger partial charge in [0.1, 0.15) is 5.02 Å². The standard InChI is InChI=1S/C31H28ClN9O2.C4F6O2/c1-33-22-4-6-23(7-5-22)38-31(43)41-11-10-20(18-41)13-28(42)39-27-9-8-24-14-21(27)3-2-19-12-25(16-34-15-19)37-30-35-17-26(32)29(36-24)40-30;5-3(6,7)1(11)2(12)4(8,9)10/h4-9,12,14-17,20H,2-3,10-11,13,18H2,(H,38,43)(H,39,42)(H2,35,36,37,40);/t20-;/m1./s1. The molecule has 0 saturated carbocycles. The van der Waals surface area contributed by atoms with E-state index in [1.54, 1.807) is 35.4 Å². The molecule has 0 unspecified atom stereocenters. The number of carbonyl (C=O) groups is 4. The molecule has 2 aromatic carbocycles. The predicted molar refractivity (Wildman–Crippen MR) is 188 cm³/mol. The minimum absolute atomic E-state index is 0.0525.